The summed E-state index contributed by atoms with van der Waals surface area (Å²) >= 11 is 0. The molecule has 0 saturated carbocycles. The summed E-state index contributed by atoms with van der Waals surface area (Å²) in [4.78, 5) is 5.37. The number of nitrogens with zero attached hydrogens (tertiary/aromatic N) is 2. The van der Waals surface area contributed by atoms with Crippen LogP contribution in [0.25, 0.3) is 39.2 Å². The van der Waals surface area contributed by atoms with Crippen molar-refractivity contribution in [2.45, 2.75) is 5.41 Å². The molecule has 1 aliphatic heterocycles. The van der Waals surface area contributed by atoms with E-state index in [4.69, 9.17) is 4.98 Å². The molecular weight excluding hydrogens is 657 g/mol. The van der Waals surface area contributed by atoms with Gasteiger partial charge in [0, 0.05) is 5.56 Å². The van der Waals surface area contributed by atoms with E-state index < -0.39 is 13.5 Å². The van der Waals surface area contributed by atoms with Crippen LogP contribution in [0.2, 0.25) is 0 Å². The molecule has 0 N–H and O–H groups in total. The van der Waals surface area contributed by atoms with E-state index in [2.05, 4.69) is 211 Å². The van der Waals surface area contributed by atoms with E-state index in [1.807, 2.05) is 0 Å². The van der Waals surface area contributed by atoms with Crippen LogP contribution >= 0.6 is 0 Å². The molecule has 3 heteroatoms. The van der Waals surface area contributed by atoms with Crippen LogP contribution in [0.5, 0.6) is 0 Å². The summed E-state index contributed by atoms with van der Waals surface area (Å²) in [7, 11) is -2.81. The topological polar surface area (TPSA) is 17.8 Å². The molecule has 0 radical (unpaired) electrons. The SMILES string of the molecule is c1ccc(-c2nc3cccc4c3n2-c2ccccc2C42c3ccccc3-c3ccc([Si](c4ccccc4)(c4ccccc4)c4ccccc4)cc32)cc1. The number of fused-ring (bicyclic) bond motifs is 9. The third kappa shape index (κ3) is 4.00. The third-order valence-electron chi connectivity index (χ3n) is 11.8. The van der Waals surface area contributed by atoms with Crippen LogP contribution in [0.3, 0.4) is 0 Å². The van der Waals surface area contributed by atoms with Gasteiger partial charge in [-0.1, -0.05) is 194 Å². The Bertz CT molecular complexity index is 2730. The smallest absolute Gasteiger partial charge is 0.179 e. The van der Waals surface area contributed by atoms with Crippen molar-refractivity contribution < 1.29 is 0 Å². The minimum absolute atomic E-state index is 0.549. The molecule has 2 heterocycles. The number of para-hydroxylation sites is 2. The van der Waals surface area contributed by atoms with Crippen molar-refractivity contribution in [1.82, 2.24) is 9.55 Å². The van der Waals surface area contributed by atoms with Gasteiger partial charge >= 0.3 is 0 Å². The van der Waals surface area contributed by atoms with Gasteiger partial charge in [0.05, 0.1) is 22.1 Å². The molecule has 1 unspecified atom stereocenters. The van der Waals surface area contributed by atoms with Crippen molar-refractivity contribution in [2.24, 2.45) is 0 Å². The van der Waals surface area contributed by atoms with Gasteiger partial charge in [0.2, 0.25) is 0 Å². The zero-order valence-electron chi connectivity index (χ0n) is 29.0. The number of imidazole rings is 1. The molecule has 1 aromatic heterocycles. The molecule has 1 atom stereocenters. The van der Waals surface area contributed by atoms with Gasteiger partial charge < -0.3 is 0 Å². The Labute approximate surface area is 310 Å². The first-order chi connectivity index (χ1) is 26.3. The maximum Gasteiger partial charge on any atom is 0.179 e. The minimum Gasteiger partial charge on any atom is -0.292 e. The Morgan fingerprint density at radius 1 is 0.396 bits per heavy atom. The second-order valence-corrected chi connectivity index (χ2v) is 18.0. The molecule has 53 heavy (non-hydrogen) atoms. The number of aromatic nitrogens is 2. The van der Waals surface area contributed by atoms with Crippen molar-refractivity contribution in [3.63, 3.8) is 0 Å². The second kappa shape index (κ2) is 11.5. The summed E-state index contributed by atoms with van der Waals surface area (Å²) in [6.07, 6.45) is 0. The van der Waals surface area contributed by atoms with E-state index >= 15 is 0 Å². The molecular formula is C50H34N2Si. The summed E-state index contributed by atoms with van der Waals surface area (Å²) in [5.74, 6) is 0.972. The van der Waals surface area contributed by atoms with Crippen LogP contribution < -0.4 is 20.7 Å². The lowest BCUT2D eigenvalue weighted by molar-refractivity contribution is 0.746. The van der Waals surface area contributed by atoms with Gasteiger partial charge in [-0.25, -0.2) is 4.98 Å². The highest BCUT2D eigenvalue weighted by Crippen LogP contribution is 2.60. The molecule has 8 aromatic carbocycles. The molecule has 11 rings (SSSR count). The summed E-state index contributed by atoms with van der Waals surface area (Å²) in [6, 6.07) is 76.8. The van der Waals surface area contributed by atoms with Crippen LogP contribution in [0.15, 0.2) is 206 Å². The average Bonchev–Trinajstić information content (AvgIpc) is 3.77. The fourth-order valence-electron chi connectivity index (χ4n) is 9.73. The first-order valence-corrected chi connectivity index (χ1v) is 20.4. The zero-order valence-corrected chi connectivity index (χ0v) is 30.0. The van der Waals surface area contributed by atoms with Crippen LogP contribution in [0, 0.1) is 0 Å². The van der Waals surface area contributed by atoms with Crippen LogP contribution in [-0.2, 0) is 5.41 Å². The van der Waals surface area contributed by atoms with Gasteiger partial charge in [0.15, 0.2) is 8.07 Å². The molecule has 1 aliphatic carbocycles. The van der Waals surface area contributed by atoms with Crippen molar-refractivity contribution in [3.05, 3.63) is 229 Å². The van der Waals surface area contributed by atoms with E-state index in [-0.39, 0.29) is 0 Å². The summed E-state index contributed by atoms with van der Waals surface area (Å²) in [5.41, 5.74) is 11.7. The predicted octanol–water partition coefficient (Wildman–Crippen LogP) is 8.75. The first kappa shape index (κ1) is 30.1. The normalized spacial score (nSPS) is 15.2. The van der Waals surface area contributed by atoms with Crippen molar-refractivity contribution >= 4 is 39.9 Å². The van der Waals surface area contributed by atoms with Crippen molar-refractivity contribution in [1.29, 1.82) is 0 Å². The standard InChI is InChI=1S/C50H34N2Si/c1-5-18-35(19-6-1)49-51-46-30-17-29-44-48(46)52(49)47-31-16-15-28-43(47)50(44)42-27-14-13-26-40(42)41-33-32-39(34-45(41)50)53(36-20-7-2-8-21-36,37-22-9-3-10-23-37)38-24-11-4-12-25-38/h1-34H. The molecule has 2 nitrogen and oxygen atoms in total. The summed E-state index contributed by atoms with van der Waals surface area (Å²) in [5, 5.41) is 5.50. The lowest BCUT2D eigenvalue weighted by Gasteiger charge is -2.40. The van der Waals surface area contributed by atoms with Crippen LogP contribution in [0.4, 0.5) is 0 Å². The first-order valence-electron chi connectivity index (χ1n) is 18.4. The highest BCUT2D eigenvalue weighted by atomic mass is 28.3. The molecule has 0 fully saturated rings. The van der Waals surface area contributed by atoms with E-state index in [1.165, 1.54) is 65.3 Å². The summed E-state index contributed by atoms with van der Waals surface area (Å²) in [6.45, 7) is 0. The van der Waals surface area contributed by atoms with E-state index in [0.717, 1.165) is 16.9 Å². The monoisotopic (exact) mass is 690 g/mol. The van der Waals surface area contributed by atoms with Gasteiger partial charge in [-0.2, -0.15) is 0 Å². The number of rotatable bonds is 5. The fraction of sp³-hybridized carbons (Fsp3) is 0.0200. The molecule has 248 valence electrons. The molecule has 9 aromatic rings. The number of hydrogen-bond acceptors (Lipinski definition) is 1. The molecule has 2 aliphatic rings. The Hall–Kier alpha value is -6.55. The second-order valence-electron chi connectivity index (χ2n) is 14.2. The summed E-state index contributed by atoms with van der Waals surface area (Å²) < 4.78 is 2.42. The zero-order chi connectivity index (χ0) is 35.0. The fourth-order valence-corrected chi connectivity index (χ4v) is 14.5. The highest BCUT2D eigenvalue weighted by molar-refractivity contribution is 7.19. The maximum atomic E-state index is 5.37. The van der Waals surface area contributed by atoms with Gasteiger partial charge in [-0.15, -0.1) is 0 Å². The lowest BCUT2D eigenvalue weighted by Crippen LogP contribution is -2.74. The Morgan fingerprint density at radius 2 is 0.925 bits per heavy atom. The van der Waals surface area contributed by atoms with Gasteiger partial charge in [-0.05, 0) is 66.3 Å². The Morgan fingerprint density at radius 3 is 1.58 bits per heavy atom. The van der Waals surface area contributed by atoms with Crippen LogP contribution in [0.1, 0.15) is 22.3 Å². The van der Waals surface area contributed by atoms with E-state index in [9.17, 15) is 0 Å². The molecule has 0 saturated heterocycles. The van der Waals surface area contributed by atoms with Gasteiger partial charge in [-0.3, -0.25) is 4.57 Å². The maximum absolute atomic E-state index is 5.37. The third-order valence-corrected chi connectivity index (χ3v) is 16.5. The van der Waals surface area contributed by atoms with Crippen molar-refractivity contribution in [3.8, 4) is 28.2 Å². The van der Waals surface area contributed by atoms with Crippen molar-refractivity contribution in [2.75, 3.05) is 0 Å². The highest BCUT2D eigenvalue weighted by Gasteiger charge is 2.52. The Balaban J connectivity index is 1.29. The van der Waals surface area contributed by atoms with Gasteiger partial charge in [0.1, 0.15) is 5.82 Å². The lowest BCUT2D eigenvalue weighted by atomic mass is 9.65. The molecule has 0 bridgehead atoms. The largest absolute Gasteiger partial charge is 0.292 e. The van der Waals surface area contributed by atoms with Gasteiger partial charge in [0.25, 0.3) is 0 Å². The number of hydrogen-bond donors (Lipinski definition) is 0. The van der Waals surface area contributed by atoms with E-state index in [1.54, 1.807) is 0 Å². The van der Waals surface area contributed by atoms with Crippen LogP contribution in [-0.4, -0.2) is 17.6 Å². The number of benzene rings is 8. The van der Waals surface area contributed by atoms with E-state index in [0.29, 0.717) is 0 Å². The molecule has 0 amide bonds. The molecule has 1 spiro atoms. The Kier molecular flexibility index (Phi) is 6.52. The minimum atomic E-state index is -2.81. The average molecular weight is 691 g/mol. The predicted molar refractivity (Wildman–Crippen MR) is 221 cm³/mol. The quantitative estimate of drug-likeness (QED) is 0.131.